The van der Waals surface area contributed by atoms with Crippen LogP contribution in [0.2, 0.25) is 5.02 Å². The monoisotopic (exact) mass is 432 g/mol. The van der Waals surface area contributed by atoms with Gasteiger partial charge in [0.15, 0.2) is 0 Å². The van der Waals surface area contributed by atoms with Crippen molar-refractivity contribution in [2.75, 3.05) is 7.05 Å². The van der Waals surface area contributed by atoms with Gasteiger partial charge in [0, 0.05) is 30.0 Å². The van der Waals surface area contributed by atoms with Gasteiger partial charge in [-0.15, -0.1) is 0 Å². The molecule has 2 aromatic rings. The van der Waals surface area contributed by atoms with E-state index in [4.69, 9.17) is 16.3 Å². The van der Waals surface area contributed by atoms with Crippen LogP contribution in [0, 0.1) is 18.3 Å². The Labute approximate surface area is 183 Å². The van der Waals surface area contributed by atoms with Crippen molar-refractivity contribution >= 4 is 35.2 Å². The quantitative estimate of drug-likeness (QED) is 0.338. The lowest BCUT2D eigenvalue weighted by Crippen LogP contribution is -2.24. The van der Waals surface area contributed by atoms with Gasteiger partial charge in [0.1, 0.15) is 17.4 Å². The van der Waals surface area contributed by atoms with Crippen molar-refractivity contribution in [2.24, 2.45) is 4.99 Å². The van der Waals surface area contributed by atoms with Gasteiger partial charge in [-0.3, -0.25) is 0 Å². The van der Waals surface area contributed by atoms with Crippen molar-refractivity contribution in [1.82, 2.24) is 9.27 Å². The Balaban J connectivity index is 2.36. The van der Waals surface area contributed by atoms with Gasteiger partial charge in [-0.2, -0.15) is 9.64 Å². The lowest BCUT2D eigenvalue weighted by molar-refractivity contribution is 0.426. The highest BCUT2D eigenvalue weighted by atomic mass is 35.5. The lowest BCUT2D eigenvalue weighted by atomic mass is 9.80. The predicted molar refractivity (Wildman–Crippen MR) is 122 cm³/mol. The Morgan fingerprint density at radius 1 is 1.38 bits per heavy atom. The molecule has 0 amide bonds. The summed E-state index contributed by atoms with van der Waals surface area (Å²) in [5.41, 5.74) is 2.87. The smallest absolute Gasteiger partial charge is 0.218 e. The molecule has 0 radical (unpaired) electrons. The third kappa shape index (κ3) is 5.09. The number of aromatic nitrogens is 1. The van der Waals surface area contributed by atoms with E-state index in [9.17, 15) is 5.26 Å². The van der Waals surface area contributed by atoms with Gasteiger partial charge in [0.2, 0.25) is 5.06 Å². The molecular weight excluding hydrogens is 404 g/mol. The van der Waals surface area contributed by atoms with Gasteiger partial charge in [-0.25, -0.2) is 4.99 Å². The first-order valence-corrected chi connectivity index (χ1v) is 11.0. The fraction of sp³-hybridized carbons (Fsp3) is 0.500. The molecule has 7 heteroatoms. The van der Waals surface area contributed by atoms with Crippen LogP contribution >= 0.6 is 23.1 Å². The van der Waals surface area contributed by atoms with Crippen molar-refractivity contribution in [2.45, 2.75) is 65.8 Å². The fourth-order valence-electron chi connectivity index (χ4n) is 2.69. The molecular formula is C22H29ClN4OS. The van der Waals surface area contributed by atoms with E-state index in [1.807, 2.05) is 24.9 Å². The number of rotatable bonds is 8. The number of nitrogens with zero attached hydrogens (tertiary/aromatic N) is 4. The molecule has 0 unspecified atom stereocenters. The maximum Gasteiger partial charge on any atom is 0.218 e. The first kappa shape index (κ1) is 23.2. The molecule has 0 bridgehead atoms. The second kappa shape index (κ2) is 9.60. The first-order chi connectivity index (χ1) is 13.7. The number of ether oxygens (including phenoxy) is 1. The van der Waals surface area contributed by atoms with Crippen LogP contribution in [0.5, 0.6) is 10.8 Å². The van der Waals surface area contributed by atoms with Crippen molar-refractivity contribution in [3.8, 4) is 16.9 Å². The van der Waals surface area contributed by atoms with Crippen molar-refractivity contribution in [3.05, 3.63) is 34.0 Å². The molecule has 2 rings (SSSR count). The fourth-order valence-corrected chi connectivity index (χ4v) is 3.73. The minimum atomic E-state index is -0.149. The van der Waals surface area contributed by atoms with E-state index in [0.29, 0.717) is 27.4 Å². The summed E-state index contributed by atoms with van der Waals surface area (Å²) in [6.45, 7) is 12.5. The van der Waals surface area contributed by atoms with Gasteiger partial charge in [0.05, 0.1) is 22.7 Å². The number of hydrogen-bond acceptors (Lipinski definition) is 5. The van der Waals surface area contributed by atoms with E-state index in [1.165, 1.54) is 11.5 Å². The maximum atomic E-state index is 9.74. The molecule has 0 fully saturated rings. The van der Waals surface area contributed by atoms with E-state index in [1.54, 1.807) is 12.4 Å². The van der Waals surface area contributed by atoms with E-state index in [-0.39, 0.29) is 5.41 Å². The molecule has 0 spiro atoms. The normalized spacial score (nSPS) is 11.9. The zero-order valence-corrected chi connectivity index (χ0v) is 19.8. The molecule has 0 atom stereocenters. The highest BCUT2D eigenvalue weighted by molar-refractivity contribution is 7.08. The van der Waals surface area contributed by atoms with Crippen LogP contribution in [0.25, 0.3) is 0 Å². The average Bonchev–Trinajstić information content (AvgIpc) is 3.11. The van der Waals surface area contributed by atoms with Gasteiger partial charge in [-0.1, -0.05) is 32.4 Å². The molecule has 1 aromatic heterocycles. The van der Waals surface area contributed by atoms with Gasteiger partial charge >= 0.3 is 0 Å². The summed E-state index contributed by atoms with van der Waals surface area (Å²) >= 11 is 7.66. The molecule has 0 aliphatic carbocycles. The van der Waals surface area contributed by atoms with Crippen molar-refractivity contribution in [1.29, 1.82) is 5.26 Å². The predicted octanol–water partition coefficient (Wildman–Crippen LogP) is 6.85. The third-order valence-corrected chi connectivity index (χ3v) is 6.57. The summed E-state index contributed by atoms with van der Waals surface area (Å²) in [6, 6.07) is 6.27. The summed E-state index contributed by atoms with van der Waals surface area (Å²) in [5, 5.41) is 10.7. The Hall–Kier alpha value is -2.10. The standard InChI is InChI=1S/C22H29ClN4OS/c1-8-22(6,9-2)20-16(12-24)21(29-26-20)28-19-10-15(5)18(11-17(19)23)25-13-27(7)14(3)4/h10-11,13-14H,8-9H2,1-7H3/b25-13-. The highest BCUT2D eigenvalue weighted by Gasteiger charge is 2.31. The zero-order chi connectivity index (χ0) is 21.8. The Morgan fingerprint density at radius 2 is 2.03 bits per heavy atom. The number of aryl methyl sites for hydroxylation is 1. The van der Waals surface area contributed by atoms with Crippen molar-refractivity contribution < 1.29 is 4.74 Å². The van der Waals surface area contributed by atoms with Gasteiger partial charge in [0.25, 0.3) is 0 Å². The lowest BCUT2D eigenvalue weighted by Gasteiger charge is -2.24. The molecule has 1 heterocycles. The third-order valence-electron chi connectivity index (χ3n) is 5.55. The number of nitriles is 1. The molecule has 0 aliphatic rings. The van der Waals surface area contributed by atoms with Crippen LogP contribution in [0.3, 0.4) is 0 Å². The van der Waals surface area contributed by atoms with Crippen LogP contribution in [-0.4, -0.2) is 28.7 Å². The molecule has 5 nitrogen and oxygen atoms in total. The number of hydrogen-bond donors (Lipinski definition) is 0. The van der Waals surface area contributed by atoms with Crippen LogP contribution in [0.1, 0.15) is 64.3 Å². The summed E-state index contributed by atoms with van der Waals surface area (Å²) in [5.74, 6) is 0.502. The van der Waals surface area contributed by atoms with E-state index < -0.39 is 0 Å². The van der Waals surface area contributed by atoms with E-state index in [2.05, 4.69) is 50.1 Å². The second-order valence-electron chi connectivity index (χ2n) is 7.75. The zero-order valence-electron chi connectivity index (χ0n) is 18.2. The molecule has 29 heavy (non-hydrogen) atoms. The van der Waals surface area contributed by atoms with Gasteiger partial charge in [-0.05, 0) is 51.3 Å². The Bertz CT molecular complexity index is 926. The maximum absolute atomic E-state index is 9.74. The van der Waals surface area contributed by atoms with Crippen LogP contribution in [0.4, 0.5) is 5.69 Å². The van der Waals surface area contributed by atoms with Gasteiger partial charge < -0.3 is 9.64 Å². The van der Waals surface area contributed by atoms with E-state index in [0.717, 1.165) is 29.8 Å². The topological polar surface area (TPSA) is 61.5 Å². The molecule has 1 aromatic carbocycles. The second-order valence-corrected chi connectivity index (χ2v) is 8.89. The average molecular weight is 433 g/mol. The van der Waals surface area contributed by atoms with E-state index >= 15 is 0 Å². The SMILES string of the molecule is CCC(C)(CC)c1nsc(Oc2cc(C)c(/N=C\N(C)C(C)C)cc2Cl)c1C#N. The molecule has 0 saturated carbocycles. The molecule has 0 N–H and O–H groups in total. The Kier molecular flexibility index (Phi) is 7.67. The van der Waals surface area contributed by atoms with Crippen LogP contribution < -0.4 is 4.74 Å². The first-order valence-electron chi connectivity index (χ1n) is 9.81. The number of halogens is 1. The van der Waals surface area contributed by atoms with Crippen LogP contribution in [0.15, 0.2) is 17.1 Å². The summed E-state index contributed by atoms with van der Waals surface area (Å²) in [4.78, 5) is 6.55. The number of aliphatic imine (C=N–C) groups is 1. The summed E-state index contributed by atoms with van der Waals surface area (Å²) in [6.07, 6.45) is 3.60. The number of benzene rings is 1. The minimum Gasteiger partial charge on any atom is -0.442 e. The Morgan fingerprint density at radius 3 is 2.59 bits per heavy atom. The largest absolute Gasteiger partial charge is 0.442 e. The minimum absolute atomic E-state index is 0.149. The molecule has 0 aliphatic heterocycles. The molecule has 0 saturated heterocycles. The summed E-state index contributed by atoms with van der Waals surface area (Å²) < 4.78 is 10.6. The van der Waals surface area contributed by atoms with Crippen LogP contribution in [-0.2, 0) is 5.41 Å². The highest BCUT2D eigenvalue weighted by Crippen LogP contribution is 2.42. The summed E-state index contributed by atoms with van der Waals surface area (Å²) in [7, 11) is 1.98. The van der Waals surface area contributed by atoms with Crippen molar-refractivity contribution in [3.63, 3.8) is 0 Å². The molecule has 156 valence electrons.